The molecule has 0 aliphatic heterocycles. The average molecular weight is 563 g/mol. The van der Waals surface area contributed by atoms with Gasteiger partial charge in [-0.2, -0.15) is 0 Å². The fraction of sp³-hybridized carbons (Fsp3) is 0.185. The Labute approximate surface area is 224 Å². The summed E-state index contributed by atoms with van der Waals surface area (Å²) in [4.78, 5) is -0.151. The van der Waals surface area contributed by atoms with Crippen LogP contribution in [0.3, 0.4) is 0 Å². The predicted molar refractivity (Wildman–Crippen MR) is 140 cm³/mol. The van der Waals surface area contributed by atoms with Crippen LogP contribution in [0.1, 0.15) is 24.9 Å². The van der Waals surface area contributed by atoms with Crippen molar-refractivity contribution in [1.82, 2.24) is 4.57 Å². The summed E-state index contributed by atoms with van der Waals surface area (Å²) in [5.41, 5.74) is -0.0406. The van der Waals surface area contributed by atoms with Crippen LogP contribution in [0, 0.1) is 11.6 Å². The minimum Gasteiger partial charge on any atom is -0.494 e. The molecule has 0 fully saturated rings. The molecule has 0 radical (unpaired) electrons. The zero-order valence-electron chi connectivity index (χ0n) is 20.3. The zero-order valence-corrected chi connectivity index (χ0v) is 21.8. The van der Waals surface area contributed by atoms with Crippen LogP contribution < -0.4 is 9.04 Å². The molecule has 0 bridgehead atoms. The van der Waals surface area contributed by atoms with Crippen LogP contribution in [0.2, 0.25) is 5.02 Å². The van der Waals surface area contributed by atoms with Gasteiger partial charge in [-0.25, -0.2) is 17.2 Å². The van der Waals surface area contributed by atoms with Crippen LogP contribution in [0.5, 0.6) is 17.5 Å². The Balaban J connectivity index is 1.67. The van der Waals surface area contributed by atoms with Gasteiger partial charge < -0.3 is 14.9 Å². The van der Waals surface area contributed by atoms with Crippen molar-refractivity contribution in [2.45, 2.75) is 30.8 Å². The molecule has 38 heavy (non-hydrogen) atoms. The molecule has 0 aliphatic carbocycles. The topological polar surface area (TPSA) is 92.0 Å². The Morgan fingerprint density at radius 1 is 0.974 bits per heavy atom. The molecule has 2 N–H and O–H groups in total. The highest BCUT2D eigenvalue weighted by atomic mass is 35.5. The predicted octanol–water partition coefficient (Wildman–Crippen LogP) is 6.26. The van der Waals surface area contributed by atoms with Crippen molar-refractivity contribution in [3.8, 4) is 17.5 Å². The quantitative estimate of drug-likeness (QED) is 0.223. The fourth-order valence-electron chi connectivity index (χ4n) is 4.08. The van der Waals surface area contributed by atoms with E-state index in [0.29, 0.717) is 22.8 Å². The van der Waals surface area contributed by atoms with Crippen molar-refractivity contribution in [2.24, 2.45) is 0 Å². The summed E-state index contributed by atoms with van der Waals surface area (Å²) < 4.78 is 64.8. The molecule has 0 aliphatic rings. The molecule has 0 spiro atoms. The lowest BCUT2D eigenvalue weighted by atomic mass is 10.1. The number of rotatable bonds is 10. The number of anilines is 1. The molecule has 4 aromatic rings. The average Bonchev–Trinajstić information content (AvgIpc) is 3.21. The molecule has 7 nitrogen and oxygen atoms in total. The molecule has 0 unspecified atom stereocenters. The number of hydrogen-bond donors (Lipinski definition) is 2. The van der Waals surface area contributed by atoms with Crippen LogP contribution in [0.25, 0.3) is 0 Å². The van der Waals surface area contributed by atoms with Crippen LogP contribution >= 0.6 is 11.6 Å². The second-order valence-corrected chi connectivity index (χ2v) is 10.7. The van der Waals surface area contributed by atoms with Crippen molar-refractivity contribution < 1.29 is 32.1 Å². The number of hydrogen-bond acceptors (Lipinski definition) is 5. The number of para-hydroxylation sites is 1. The van der Waals surface area contributed by atoms with E-state index in [1.807, 2.05) is 0 Å². The van der Waals surface area contributed by atoms with Gasteiger partial charge in [0.25, 0.3) is 10.0 Å². The minimum atomic E-state index is -4.39. The molecule has 0 saturated heterocycles. The van der Waals surface area contributed by atoms with E-state index < -0.39 is 33.4 Å². The van der Waals surface area contributed by atoms with Gasteiger partial charge in [0, 0.05) is 35.3 Å². The van der Waals surface area contributed by atoms with Crippen molar-refractivity contribution in [3.05, 3.63) is 101 Å². The van der Waals surface area contributed by atoms with Gasteiger partial charge in [-0.15, -0.1) is 0 Å². The van der Waals surface area contributed by atoms with Crippen LogP contribution in [0.15, 0.2) is 83.8 Å². The Kier molecular flexibility index (Phi) is 8.13. The lowest BCUT2D eigenvalue weighted by Gasteiger charge is -2.32. The molecular formula is C27H25ClF2N2O5S. The first kappa shape index (κ1) is 27.3. The Morgan fingerprint density at radius 2 is 1.63 bits per heavy atom. The van der Waals surface area contributed by atoms with Gasteiger partial charge in [-0.3, -0.25) is 8.87 Å². The Morgan fingerprint density at radius 3 is 2.32 bits per heavy atom. The number of aromatic nitrogens is 1. The summed E-state index contributed by atoms with van der Waals surface area (Å²) in [6.45, 7) is 1.99. The van der Waals surface area contributed by atoms with Crippen molar-refractivity contribution in [2.75, 3.05) is 10.9 Å². The summed E-state index contributed by atoms with van der Waals surface area (Å²) in [5, 5.41) is 19.9. The smallest absolute Gasteiger partial charge is 0.264 e. The zero-order chi connectivity index (χ0) is 27.4. The molecule has 1 atom stereocenters. The lowest BCUT2D eigenvalue weighted by Crippen LogP contribution is -2.34. The monoisotopic (exact) mass is 562 g/mol. The fourth-order valence-corrected chi connectivity index (χ4v) is 5.85. The molecular weight excluding hydrogens is 538 g/mol. The largest absolute Gasteiger partial charge is 0.494 e. The van der Waals surface area contributed by atoms with Gasteiger partial charge in [0.2, 0.25) is 0 Å². The second kappa shape index (κ2) is 11.3. The summed E-state index contributed by atoms with van der Waals surface area (Å²) in [6.07, 6.45) is 0.407. The first-order valence-corrected chi connectivity index (χ1v) is 13.5. The summed E-state index contributed by atoms with van der Waals surface area (Å²) in [6, 6.07) is 16.4. The molecule has 0 amide bonds. The van der Waals surface area contributed by atoms with E-state index in [9.17, 15) is 27.4 Å². The third kappa shape index (κ3) is 5.71. The molecule has 3 aromatic carbocycles. The van der Waals surface area contributed by atoms with Crippen molar-refractivity contribution in [3.63, 3.8) is 0 Å². The van der Waals surface area contributed by atoms with Crippen LogP contribution in [-0.2, 0) is 16.6 Å². The van der Waals surface area contributed by atoms with Crippen LogP contribution in [0.4, 0.5) is 14.5 Å². The van der Waals surface area contributed by atoms with Gasteiger partial charge in [0.05, 0.1) is 23.2 Å². The van der Waals surface area contributed by atoms with E-state index >= 15 is 0 Å². The normalized spacial score (nSPS) is 12.3. The maximum Gasteiger partial charge on any atom is 0.264 e. The van der Waals surface area contributed by atoms with Crippen LogP contribution in [-0.4, -0.2) is 29.8 Å². The number of ether oxygens (including phenoxy) is 1. The third-order valence-electron chi connectivity index (χ3n) is 5.96. The lowest BCUT2D eigenvalue weighted by molar-refractivity contribution is 0.286. The summed E-state index contributed by atoms with van der Waals surface area (Å²) in [5.74, 6) is -1.55. The molecule has 4 rings (SSSR count). The van der Waals surface area contributed by atoms with E-state index in [1.54, 1.807) is 31.2 Å². The number of benzene rings is 3. The Bertz CT molecular complexity index is 1510. The van der Waals surface area contributed by atoms with Crippen molar-refractivity contribution in [1.29, 1.82) is 0 Å². The molecule has 1 heterocycles. The summed E-state index contributed by atoms with van der Waals surface area (Å²) >= 11 is 5.93. The maximum absolute atomic E-state index is 15.0. The van der Waals surface area contributed by atoms with Gasteiger partial charge in [0.1, 0.15) is 17.4 Å². The summed E-state index contributed by atoms with van der Waals surface area (Å²) in [7, 11) is -4.39. The third-order valence-corrected chi connectivity index (χ3v) is 8.11. The molecule has 1 aromatic heterocycles. The van der Waals surface area contributed by atoms with Gasteiger partial charge in [-0.1, -0.05) is 29.8 Å². The van der Waals surface area contributed by atoms with Gasteiger partial charge >= 0.3 is 0 Å². The number of sulfonamides is 1. The van der Waals surface area contributed by atoms with Crippen molar-refractivity contribution >= 4 is 27.3 Å². The number of nitrogens with zero attached hydrogens (tertiary/aromatic N) is 2. The van der Waals surface area contributed by atoms with Gasteiger partial charge in [-0.05, 0) is 55.8 Å². The number of aromatic hydroxyl groups is 2. The molecule has 11 heteroatoms. The van der Waals surface area contributed by atoms with E-state index in [0.717, 1.165) is 22.5 Å². The molecule has 0 saturated carbocycles. The second-order valence-electron chi connectivity index (χ2n) is 8.47. The highest BCUT2D eigenvalue weighted by Crippen LogP contribution is 2.38. The first-order chi connectivity index (χ1) is 18.1. The van der Waals surface area contributed by atoms with E-state index in [2.05, 4.69) is 0 Å². The Hall–Kier alpha value is -3.76. The SMILES string of the molecule is C[C@H](c1ccccc1OCCCn1c(O)ccc1O)N(c1cc(F)ccc1F)S(=O)(=O)c1ccc(Cl)cc1. The minimum absolute atomic E-state index is 0.0864. The highest BCUT2D eigenvalue weighted by molar-refractivity contribution is 7.92. The van der Waals surface area contributed by atoms with E-state index in [-0.39, 0.29) is 29.8 Å². The van der Waals surface area contributed by atoms with E-state index in [1.165, 1.54) is 41.0 Å². The molecule has 200 valence electrons. The first-order valence-electron chi connectivity index (χ1n) is 11.6. The van der Waals surface area contributed by atoms with Gasteiger partial charge in [0.15, 0.2) is 11.8 Å². The van der Waals surface area contributed by atoms with E-state index in [4.69, 9.17) is 16.3 Å². The maximum atomic E-state index is 15.0. The standard InChI is InChI=1S/C27H25ClF2N2O5S/c1-18(22-5-2-3-6-25(22)37-16-4-15-31-26(33)13-14-27(31)34)32(24-17-20(29)9-12-23(24)30)38(35,36)21-10-7-19(28)8-11-21/h2-3,5-14,17-18,33-34H,4,15-16H2,1H3/t18-/m1/s1. The highest BCUT2D eigenvalue weighted by Gasteiger charge is 2.34. The number of halogens is 3.